The highest BCUT2D eigenvalue weighted by Crippen LogP contribution is 2.56. The summed E-state index contributed by atoms with van der Waals surface area (Å²) in [6.07, 6.45) is -0.136. The fraction of sp³-hybridized carbons (Fsp3) is 0.381. The van der Waals surface area contributed by atoms with Crippen LogP contribution in [0, 0.1) is 5.41 Å². The first kappa shape index (κ1) is 21.6. The third kappa shape index (κ3) is 4.53. The molecule has 2 aliphatic carbocycles. The van der Waals surface area contributed by atoms with Crippen LogP contribution >= 0.6 is 15.9 Å². The molecule has 2 aliphatic rings. The third-order valence-electron chi connectivity index (χ3n) is 5.82. The Balaban J connectivity index is 1.30. The van der Waals surface area contributed by atoms with Crippen molar-refractivity contribution in [2.45, 2.75) is 44.0 Å². The Hall–Kier alpha value is -2.62. The van der Waals surface area contributed by atoms with Crippen molar-refractivity contribution in [3.05, 3.63) is 57.7 Å². The zero-order valence-corrected chi connectivity index (χ0v) is 17.8. The van der Waals surface area contributed by atoms with E-state index in [9.17, 15) is 22.8 Å². The average molecular weight is 498 g/mol. The minimum absolute atomic E-state index is 0.0356. The number of nitrogens with two attached hydrogens (primary N) is 1. The number of nitrogens with zero attached hydrogens (tertiary/aromatic N) is 1. The number of aromatic nitrogens is 1. The molecule has 164 valence electrons. The molecule has 3 N–H and O–H groups in total. The quantitative estimate of drug-likeness (QED) is 0.650. The van der Waals surface area contributed by atoms with Gasteiger partial charge in [-0.1, -0.05) is 15.9 Å². The normalized spacial score (nSPS) is 24.8. The maximum absolute atomic E-state index is 13.0. The summed E-state index contributed by atoms with van der Waals surface area (Å²) in [5, 5.41) is 2.81. The molecule has 31 heavy (non-hydrogen) atoms. The van der Waals surface area contributed by atoms with Gasteiger partial charge < -0.3 is 15.8 Å². The molecule has 4 rings (SSSR count). The minimum Gasteiger partial charge on any atom is -0.474 e. The molecule has 6 nitrogen and oxygen atoms in total. The van der Waals surface area contributed by atoms with E-state index in [0.717, 1.165) is 37.8 Å². The van der Waals surface area contributed by atoms with Crippen LogP contribution in [0.5, 0.6) is 5.88 Å². The number of hydrogen-bond acceptors (Lipinski definition) is 4. The average Bonchev–Trinajstić information content (AvgIpc) is 2.63. The topological polar surface area (TPSA) is 94.3 Å². The lowest BCUT2D eigenvalue weighted by atomic mass is 9.53. The summed E-state index contributed by atoms with van der Waals surface area (Å²) in [5.74, 6) is -0.919. The van der Waals surface area contributed by atoms with Gasteiger partial charge in [-0.05, 0) is 61.4 Å². The molecule has 1 aromatic heterocycles. The van der Waals surface area contributed by atoms with Crippen molar-refractivity contribution < 1.29 is 27.5 Å². The van der Waals surface area contributed by atoms with E-state index in [-0.39, 0.29) is 39.0 Å². The van der Waals surface area contributed by atoms with Crippen LogP contribution in [0.25, 0.3) is 0 Å². The van der Waals surface area contributed by atoms with Gasteiger partial charge >= 0.3 is 6.18 Å². The number of hydrogen-bond donors (Lipinski definition) is 2. The summed E-state index contributed by atoms with van der Waals surface area (Å²) in [6, 6.07) is 6.23. The molecule has 0 radical (unpaired) electrons. The predicted octanol–water partition coefficient (Wildman–Crippen LogP) is 4.08. The third-order valence-corrected chi connectivity index (χ3v) is 6.28. The Morgan fingerprint density at radius 2 is 1.90 bits per heavy atom. The van der Waals surface area contributed by atoms with Crippen LogP contribution in [0.1, 0.15) is 52.0 Å². The fourth-order valence-electron chi connectivity index (χ4n) is 4.39. The highest BCUT2D eigenvalue weighted by molar-refractivity contribution is 9.10. The summed E-state index contributed by atoms with van der Waals surface area (Å²) in [5.41, 5.74) is 4.69. The number of alkyl halides is 3. The SMILES string of the molecule is NC(=O)c1cccnc1OC1CC2(CC(NC(=O)c3cc(Br)cc(C(F)(F)F)c3)C2)C1. The summed E-state index contributed by atoms with van der Waals surface area (Å²) < 4.78 is 44.9. The van der Waals surface area contributed by atoms with Gasteiger partial charge in [0, 0.05) is 22.3 Å². The van der Waals surface area contributed by atoms with Crippen molar-refractivity contribution in [3.63, 3.8) is 0 Å². The van der Waals surface area contributed by atoms with Crippen molar-refractivity contribution in [2.24, 2.45) is 11.1 Å². The highest BCUT2D eigenvalue weighted by atomic mass is 79.9. The van der Waals surface area contributed by atoms with E-state index in [1.807, 2.05) is 0 Å². The van der Waals surface area contributed by atoms with E-state index in [4.69, 9.17) is 10.5 Å². The number of carbonyl (C=O) groups excluding carboxylic acids is 2. The first-order chi connectivity index (χ1) is 14.5. The van der Waals surface area contributed by atoms with E-state index in [2.05, 4.69) is 26.2 Å². The van der Waals surface area contributed by atoms with Crippen LogP contribution in [-0.4, -0.2) is 28.9 Å². The summed E-state index contributed by atoms with van der Waals surface area (Å²) in [6.45, 7) is 0. The smallest absolute Gasteiger partial charge is 0.416 e. The molecule has 2 amide bonds. The molecule has 2 fully saturated rings. The van der Waals surface area contributed by atoms with Gasteiger partial charge in [-0.2, -0.15) is 13.2 Å². The molecule has 1 heterocycles. The lowest BCUT2D eigenvalue weighted by Crippen LogP contribution is -2.58. The molecule has 0 bridgehead atoms. The van der Waals surface area contributed by atoms with Crippen molar-refractivity contribution in [1.29, 1.82) is 0 Å². The monoisotopic (exact) mass is 497 g/mol. The lowest BCUT2D eigenvalue weighted by molar-refractivity contribution is -0.137. The summed E-state index contributed by atoms with van der Waals surface area (Å²) in [4.78, 5) is 28.0. The van der Waals surface area contributed by atoms with Crippen LogP contribution in [0.3, 0.4) is 0 Å². The fourth-order valence-corrected chi connectivity index (χ4v) is 4.89. The number of nitrogens with one attached hydrogen (secondary N) is 1. The van der Waals surface area contributed by atoms with Gasteiger partial charge in [0.1, 0.15) is 11.7 Å². The number of amides is 2. The van der Waals surface area contributed by atoms with Crippen LogP contribution in [-0.2, 0) is 6.18 Å². The van der Waals surface area contributed by atoms with Crippen LogP contribution in [0.4, 0.5) is 13.2 Å². The molecular formula is C21H19BrF3N3O3. The van der Waals surface area contributed by atoms with Crippen molar-refractivity contribution in [3.8, 4) is 5.88 Å². The molecule has 0 aliphatic heterocycles. The molecule has 0 atom stereocenters. The molecular weight excluding hydrogens is 479 g/mol. The first-order valence-corrected chi connectivity index (χ1v) is 10.4. The van der Waals surface area contributed by atoms with Gasteiger partial charge in [0.25, 0.3) is 11.8 Å². The van der Waals surface area contributed by atoms with Gasteiger partial charge in [0.05, 0.1) is 5.56 Å². The number of pyridine rings is 1. The van der Waals surface area contributed by atoms with Gasteiger partial charge in [0.2, 0.25) is 5.88 Å². The van der Waals surface area contributed by atoms with E-state index in [1.165, 1.54) is 12.3 Å². The number of benzene rings is 1. The van der Waals surface area contributed by atoms with Crippen LogP contribution < -0.4 is 15.8 Å². The van der Waals surface area contributed by atoms with E-state index < -0.39 is 23.6 Å². The molecule has 2 aromatic rings. The van der Waals surface area contributed by atoms with Crippen molar-refractivity contribution in [2.75, 3.05) is 0 Å². The highest BCUT2D eigenvalue weighted by Gasteiger charge is 2.54. The second-order valence-electron chi connectivity index (χ2n) is 8.17. The largest absolute Gasteiger partial charge is 0.474 e. The Bertz CT molecular complexity index is 1030. The number of ether oxygens (including phenoxy) is 1. The Morgan fingerprint density at radius 3 is 2.55 bits per heavy atom. The summed E-state index contributed by atoms with van der Waals surface area (Å²) >= 11 is 3.03. The van der Waals surface area contributed by atoms with E-state index in [0.29, 0.717) is 0 Å². The van der Waals surface area contributed by atoms with Gasteiger partial charge in [-0.25, -0.2) is 4.98 Å². The Morgan fingerprint density at radius 1 is 1.19 bits per heavy atom. The standard InChI is InChI=1S/C21H19BrF3N3O3/c22-13-5-11(4-12(6-13)21(23,24)25)18(30)28-14-7-20(8-14)9-15(10-20)31-19-16(17(26)29)2-1-3-27-19/h1-6,14-15H,7-10H2,(H2,26,29)(H,28,30). The number of halogens is 4. The molecule has 0 saturated heterocycles. The second-order valence-corrected chi connectivity index (χ2v) is 9.09. The van der Waals surface area contributed by atoms with E-state index >= 15 is 0 Å². The van der Waals surface area contributed by atoms with Gasteiger partial charge in [-0.3, -0.25) is 9.59 Å². The first-order valence-electron chi connectivity index (χ1n) is 9.65. The van der Waals surface area contributed by atoms with Crippen molar-refractivity contribution in [1.82, 2.24) is 10.3 Å². The maximum atomic E-state index is 13.0. The number of primary amides is 1. The maximum Gasteiger partial charge on any atom is 0.416 e. The summed E-state index contributed by atoms with van der Waals surface area (Å²) in [7, 11) is 0. The minimum atomic E-state index is -4.53. The predicted molar refractivity (Wildman–Crippen MR) is 108 cm³/mol. The lowest BCUT2D eigenvalue weighted by Gasteiger charge is -2.57. The molecule has 2 saturated carbocycles. The molecule has 1 aromatic carbocycles. The molecule has 0 unspecified atom stereocenters. The zero-order chi connectivity index (χ0) is 22.4. The van der Waals surface area contributed by atoms with Crippen LogP contribution in [0.2, 0.25) is 0 Å². The van der Waals surface area contributed by atoms with Gasteiger partial charge in [-0.15, -0.1) is 0 Å². The number of rotatable bonds is 5. The zero-order valence-electron chi connectivity index (χ0n) is 16.2. The second kappa shape index (κ2) is 7.81. The Labute approximate surface area is 184 Å². The molecule has 1 spiro atoms. The van der Waals surface area contributed by atoms with Gasteiger partial charge in [0.15, 0.2) is 0 Å². The number of carbonyl (C=O) groups is 2. The Kier molecular flexibility index (Phi) is 5.45. The van der Waals surface area contributed by atoms with E-state index in [1.54, 1.807) is 12.1 Å². The molecule has 10 heteroatoms. The van der Waals surface area contributed by atoms with Crippen molar-refractivity contribution >= 4 is 27.7 Å². The van der Waals surface area contributed by atoms with Crippen LogP contribution in [0.15, 0.2) is 41.0 Å².